The average Bonchev–Trinajstić information content (AvgIpc) is 2.42. The van der Waals surface area contributed by atoms with Crippen LogP contribution in [0.15, 0.2) is 16.6 Å². The van der Waals surface area contributed by atoms with E-state index in [0.29, 0.717) is 18.7 Å². The molecule has 1 aromatic rings. The molecule has 1 aromatic carbocycles. The first kappa shape index (κ1) is 16.0. The Morgan fingerprint density at radius 3 is 2.76 bits per heavy atom. The highest BCUT2D eigenvalue weighted by molar-refractivity contribution is 9.10. The fraction of sp³-hybridized carbons (Fsp3) is 0.467. The molecule has 1 unspecified atom stereocenters. The lowest BCUT2D eigenvalue weighted by molar-refractivity contribution is -0.139. The highest BCUT2D eigenvalue weighted by atomic mass is 79.9. The lowest BCUT2D eigenvalue weighted by Gasteiger charge is -2.35. The molecule has 0 aromatic heterocycles. The van der Waals surface area contributed by atoms with E-state index in [2.05, 4.69) is 15.9 Å². The standard InChI is InChI=1S/C15H18BrNO4/c1-9-6-13(16)10(2)5-12(9)15(20)17-3-4-21-8-11(17)7-14(18)19/h5-6,11H,3-4,7-8H2,1-2H3,(H,18,19). The number of benzene rings is 1. The molecule has 114 valence electrons. The fourth-order valence-electron chi connectivity index (χ4n) is 2.46. The number of hydrogen-bond donors (Lipinski definition) is 1. The van der Waals surface area contributed by atoms with Crippen LogP contribution in [-0.4, -0.2) is 47.7 Å². The number of carbonyl (C=O) groups is 2. The van der Waals surface area contributed by atoms with Crippen LogP contribution in [0.4, 0.5) is 0 Å². The number of halogens is 1. The minimum atomic E-state index is -0.924. The summed E-state index contributed by atoms with van der Waals surface area (Å²) in [6.45, 7) is 4.94. The molecule has 1 saturated heterocycles. The first-order chi connectivity index (χ1) is 9.90. The number of amides is 1. The minimum absolute atomic E-state index is 0.0969. The summed E-state index contributed by atoms with van der Waals surface area (Å²) >= 11 is 3.45. The molecule has 21 heavy (non-hydrogen) atoms. The maximum atomic E-state index is 12.7. The van der Waals surface area contributed by atoms with Crippen molar-refractivity contribution in [3.05, 3.63) is 33.3 Å². The van der Waals surface area contributed by atoms with Gasteiger partial charge in [0, 0.05) is 16.6 Å². The molecule has 1 amide bonds. The van der Waals surface area contributed by atoms with Gasteiger partial charge >= 0.3 is 5.97 Å². The number of ether oxygens (including phenoxy) is 1. The van der Waals surface area contributed by atoms with Gasteiger partial charge in [0.1, 0.15) is 0 Å². The van der Waals surface area contributed by atoms with Crippen molar-refractivity contribution in [3.8, 4) is 0 Å². The van der Waals surface area contributed by atoms with Gasteiger partial charge in [0.15, 0.2) is 0 Å². The molecule has 0 spiro atoms. The van der Waals surface area contributed by atoms with Crippen molar-refractivity contribution >= 4 is 27.8 Å². The zero-order valence-electron chi connectivity index (χ0n) is 12.1. The summed E-state index contributed by atoms with van der Waals surface area (Å²) in [5, 5.41) is 8.97. The third-order valence-corrected chi connectivity index (χ3v) is 4.49. The molecule has 0 radical (unpaired) electrons. The number of carboxylic acid groups (broad SMARTS) is 1. The highest BCUT2D eigenvalue weighted by Crippen LogP contribution is 2.24. The third kappa shape index (κ3) is 3.63. The summed E-state index contributed by atoms with van der Waals surface area (Å²) in [6.07, 6.45) is -0.0969. The SMILES string of the molecule is Cc1cc(C(=O)N2CCOCC2CC(=O)O)c(C)cc1Br. The zero-order valence-corrected chi connectivity index (χ0v) is 13.6. The van der Waals surface area contributed by atoms with E-state index in [0.717, 1.165) is 15.6 Å². The van der Waals surface area contributed by atoms with Gasteiger partial charge in [-0.25, -0.2) is 0 Å². The van der Waals surface area contributed by atoms with E-state index in [9.17, 15) is 9.59 Å². The summed E-state index contributed by atoms with van der Waals surface area (Å²) in [7, 11) is 0. The molecule has 2 rings (SSSR count). The summed E-state index contributed by atoms with van der Waals surface area (Å²) in [5.41, 5.74) is 2.47. The molecule has 6 heteroatoms. The van der Waals surface area contributed by atoms with Gasteiger partial charge in [-0.15, -0.1) is 0 Å². The van der Waals surface area contributed by atoms with Gasteiger partial charge < -0.3 is 14.7 Å². The maximum Gasteiger partial charge on any atom is 0.305 e. The van der Waals surface area contributed by atoms with Gasteiger partial charge in [-0.05, 0) is 37.1 Å². The number of carbonyl (C=O) groups excluding carboxylic acids is 1. The number of aryl methyl sites for hydroxylation is 2. The van der Waals surface area contributed by atoms with Crippen molar-refractivity contribution in [2.24, 2.45) is 0 Å². The van der Waals surface area contributed by atoms with E-state index in [1.165, 1.54) is 0 Å². The van der Waals surface area contributed by atoms with Crippen LogP contribution in [0.3, 0.4) is 0 Å². The Labute approximate surface area is 132 Å². The van der Waals surface area contributed by atoms with E-state index in [1.807, 2.05) is 26.0 Å². The Kier molecular flexibility index (Phi) is 5.00. The first-order valence-electron chi connectivity index (χ1n) is 6.77. The molecule has 0 saturated carbocycles. The van der Waals surface area contributed by atoms with Gasteiger partial charge in [0.2, 0.25) is 0 Å². The Morgan fingerprint density at radius 1 is 1.38 bits per heavy atom. The number of morpholine rings is 1. The Bertz CT molecular complexity index is 573. The Balaban J connectivity index is 2.28. The molecule has 1 N–H and O–H groups in total. The normalized spacial score (nSPS) is 18.6. The van der Waals surface area contributed by atoms with Crippen molar-refractivity contribution in [3.63, 3.8) is 0 Å². The predicted molar refractivity (Wildman–Crippen MR) is 81.5 cm³/mol. The summed E-state index contributed by atoms with van der Waals surface area (Å²) in [6, 6.07) is 3.34. The van der Waals surface area contributed by atoms with Crippen molar-refractivity contribution in [2.75, 3.05) is 19.8 Å². The minimum Gasteiger partial charge on any atom is -0.481 e. The van der Waals surface area contributed by atoms with Gasteiger partial charge in [-0.3, -0.25) is 9.59 Å². The quantitative estimate of drug-likeness (QED) is 0.903. The number of hydrogen-bond acceptors (Lipinski definition) is 3. The molecule has 0 aliphatic carbocycles. The Morgan fingerprint density at radius 2 is 2.10 bits per heavy atom. The number of carboxylic acids is 1. The van der Waals surface area contributed by atoms with Crippen LogP contribution < -0.4 is 0 Å². The van der Waals surface area contributed by atoms with Crippen LogP contribution in [-0.2, 0) is 9.53 Å². The third-order valence-electron chi connectivity index (χ3n) is 3.63. The van der Waals surface area contributed by atoms with Crippen LogP contribution in [0.2, 0.25) is 0 Å². The molecular weight excluding hydrogens is 338 g/mol. The molecule has 1 heterocycles. The van der Waals surface area contributed by atoms with Crippen molar-refractivity contribution < 1.29 is 19.4 Å². The van der Waals surface area contributed by atoms with Gasteiger partial charge in [-0.1, -0.05) is 15.9 Å². The first-order valence-corrected chi connectivity index (χ1v) is 7.56. The maximum absolute atomic E-state index is 12.7. The van der Waals surface area contributed by atoms with E-state index in [-0.39, 0.29) is 18.9 Å². The molecule has 1 fully saturated rings. The van der Waals surface area contributed by atoms with Crippen LogP contribution in [0.5, 0.6) is 0 Å². The van der Waals surface area contributed by atoms with Crippen LogP contribution in [0.1, 0.15) is 27.9 Å². The fourth-order valence-corrected chi connectivity index (χ4v) is 2.92. The topological polar surface area (TPSA) is 66.8 Å². The largest absolute Gasteiger partial charge is 0.481 e. The lowest BCUT2D eigenvalue weighted by atomic mass is 10.0. The number of aliphatic carboxylic acids is 1. The van der Waals surface area contributed by atoms with Gasteiger partial charge in [0.25, 0.3) is 5.91 Å². The zero-order chi connectivity index (χ0) is 15.6. The van der Waals surface area contributed by atoms with Crippen LogP contribution in [0, 0.1) is 13.8 Å². The smallest absolute Gasteiger partial charge is 0.305 e. The van der Waals surface area contributed by atoms with Gasteiger partial charge in [-0.2, -0.15) is 0 Å². The van der Waals surface area contributed by atoms with E-state index in [1.54, 1.807) is 4.90 Å². The van der Waals surface area contributed by atoms with Crippen molar-refractivity contribution in [1.29, 1.82) is 0 Å². The van der Waals surface area contributed by atoms with E-state index in [4.69, 9.17) is 9.84 Å². The number of nitrogens with zero attached hydrogens (tertiary/aromatic N) is 1. The summed E-state index contributed by atoms with van der Waals surface area (Å²) in [4.78, 5) is 25.3. The molecule has 1 aliphatic rings. The summed E-state index contributed by atoms with van der Waals surface area (Å²) < 4.78 is 6.27. The molecule has 5 nitrogen and oxygen atoms in total. The average molecular weight is 356 g/mol. The monoisotopic (exact) mass is 355 g/mol. The molecule has 1 atom stereocenters. The van der Waals surface area contributed by atoms with Crippen LogP contribution >= 0.6 is 15.9 Å². The lowest BCUT2D eigenvalue weighted by Crippen LogP contribution is -2.49. The predicted octanol–water partition coefficient (Wildman–Crippen LogP) is 2.38. The number of rotatable bonds is 3. The molecule has 1 aliphatic heterocycles. The second-order valence-corrected chi connectivity index (χ2v) is 6.10. The van der Waals surface area contributed by atoms with Gasteiger partial charge in [0.05, 0.1) is 25.7 Å². The summed E-state index contributed by atoms with van der Waals surface area (Å²) in [5.74, 6) is -1.05. The highest BCUT2D eigenvalue weighted by Gasteiger charge is 2.30. The Hall–Kier alpha value is -1.40. The van der Waals surface area contributed by atoms with Crippen molar-refractivity contribution in [1.82, 2.24) is 4.90 Å². The van der Waals surface area contributed by atoms with E-state index >= 15 is 0 Å². The molecule has 0 bridgehead atoms. The second kappa shape index (κ2) is 6.58. The molecular formula is C15H18BrNO4. The second-order valence-electron chi connectivity index (χ2n) is 5.24. The van der Waals surface area contributed by atoms with Crippen LogP contribution in [0.25, 0.3) is 0 Å². The van der Waals surface area contributed by atoms with Crippen molar-refractivity contribution in [2.45, 2.75) is 26.3 Å². The van der Waals surface area contributed by atoms with E-state index < -0.39 is 12.0 Å².